The van der Waals surface area contributed by atoms with Crippen LogP contribution >= 0.6 is 11.6 Å². The predicted molar refractivity (Wildman–Crippen MR) is 109 cm³/mol. The van der Waals surface area contributed by atoms with E-state index < -0.39 is 21.2 Å². The number of sulfone groups is 1. The van der Waals surface area contributed by atoms with Gasteiger partial charge in [-0.25, -0.2) is 18.4 Å². The molecule has 0 spiro atoms. The van der Waals surface area contributed by atoms with Gasteiger partial charge < -0.3 is 18.8 Å². The molecule has 3 rings (SSSR count). The lowest BCUT2D eigenvalue weighted by Gasteiger charge is -2.23. The number of rotatable bonds is 11. The molecule has 0 aromatic carbocycles. The normalized spacial score (nSPS) is 17.6. The Bertz CT molecular complexity index is 962. The summed E-state index contributed by atoms with van der Waals surface area (Å²) < 4.78 is 44.4. The molecule has 12 heteroatoms. The van der Waals surface area contributed by atoms with Gasteiger partial charge in [0.25, 0.3) is 0 Å². The Hall–Kier alpha value is -1.66. The van der Waals surface area contributed by atoms with E-state index in [1.807, 2.05) is 4.57 Å². The second-order valence-corrected chi connectivity index (χ2v) is 10.2. The minimum atomic E-state index is -3.70. The minimum Gasteiger partial charge on any atom is -0.382 e. The fourth-order valence-corrected chi connectivity index (χ4v) is 5.06. The summed E-state index contributed by atoms with van der Waals surface area (Å²) in [5.41, 5.74) is -0.333. The summed E-state index contributed by atoms with van der Waals surface area (Å²) in [5.74, 6) is 0.881. The molecule has 2 aromatic heterocycles. The van der Waals surface area contributed by atoms with E-state index in [1.165, 1.54) is 19.5 Å². The quantitative estimate of drug-likeness (QED) is 0.494. The van der Waals surface area contributed by atoms with Crippen LogP contribution in [-0.4, -0.2) is 66.3 Å². The van der Waals surface area contributed by atoms with Gasteiger partial charge in [-0.05, 0) is 19.8 Å². The first-order valence-corrected chi connectivity index (χ1v) is 11.5. The molecule has 0 saturated heterocycles. The number of halogens is 1. The number of methoxy groups -OCH3 is 3. The fraction of sp³-hybridized carbons (Fsp3) is 0.667. The molecular weight excluding hydrogens is 434 g/mol. The summed E-state index contributed by atoms with van der Waals surface area (Å²) in [7, 11) is 0.902. The lowest BCUT2D eigenvalue weighted by atomic mass is 10.2. The molecule has 166 valence electrons. The SMILES string of the molecule is COCc1nnc(CS(=O)(=O)[C@@H](C)[C@H](OC)c2ncc(Cl)cn2)n1C1(COC)CC1. The van der Waals surface area contributed by atoms with Gasteiger partial charge in [0.2, 0.25) is 0 Å². The summed E-state index contributed by atoms with van der Waals surface area (Å²) in [5, 5.41) is 7.78. The molecule has 0 amide bonds. The van der Waals surface area contributed by atoms with E-state index in [4.69, 9.17) is 25.8 Å². The standard InChI is InChI=1S/C18H26ClN5O5S/c1-12(16(29-4)17-20-7-13(19)8-21-17)30(25,26)10-15-23-22-14(9-27-2)24(15)18(5-6-18)11-28-3/h7-8,12,16H,5-6,9-11H2,1-4H3/t12-,16-/m0/s1. The van der Waals surface area contributed by atoms with Crippen LogP contribution in [0.2, 0.25) is 5.02 Å². The Kier molecular flexibility index (Phi) is 7.08. The maximum atomic E-state index is 13.3. The van der Waals surface area contributed by atoms with Gasteiger partial charge in [-0.15, -0.1) is 10.2 Å². The zero-order valence-corrected chi connectivity index (χ0v) is 19.0. The maximum absolute atomic E-state index is 13.3. The van der Waals surface area contributed by atoms with Crippen LogP contribution < -0.4 is 0 Å². The number of ether oxygens (including phenoxy) is 3. The zero-order chi connectivity index (χ0) is 21.9. The second-order valence-electron chi connectivity index (χ2n) is 7.39. The second kappa shape index (κ2) is 9.23. The first-order chi connectivity index (χ1) is 14.3. The van der Waals surface area contributed by atoms with E-state index in [0.29, 0.717) is 23.3 Å². The van der Waals surface area contributed by atoms with Crippen LogP contribution in [0.1, 0.15) is 43.3 Å². The van der Waals surface area contributed by atoms with Gasteiger partial charge >= 0.3 is 0 Å². The molecule has 1 saturated carbocycles. The van der Waals surface area contributed by atoms with Crippen molar-refractivity contribution in [2.24, 2.45) is 0 Å². The average molecular weight is 460 g/mol. The van der Waals surface area contributed by atoms with E-state index >= 15 is 0 Å². The van der Waals surface area contributed by atoms with Gasteiger partial charge in [-0.1, -0.05) is 11.6 Å². The molecule has 1 fully saturated rings. The molecule has 0 aliphatic heterocycles. The van der Waals surface area contributed by atoms with Crippen molar-refractivity contribution >= 4 is 21.4 Å². The van der Waals surface area contributed by atoms with E-state index in [0.717, 1.165) is 12.8 Å². The van der Waals surface area contributed by atoms with Gasteiger partial charge in [0.05, 0.1) is 22.4 Å². The molecule has 10 nitrogen and oxygen atoms in total. The van der Waals surface area contributed by atoms with Gasteiger partial charge in [0, 0.05) is 33.7 Å². The third-order valence-electron chi connectivity index (χ3n) is 5.26. The number of hydrogen-bond acceptors (Lipinski definition) is 9. The zero-order valence-electron chi connectivity index (χ0n) is 17.4. The van der Waals surface area contributed by atoms with E-state index in [1.54, 1.807) is 21.1 Å². The van der Waals surface area contributed by atoms with E-state index in [-0.39, 0.29) is 23.7 Å². The third kappa shape index (κ3) is 4.65. The number of nitrogens with zero attached hydrogens (tertiary/aromatic N) is 5. The maximum Gasteiger partial charge on any atom is 0.163 e. The van der Waals surface area contributed by atoms with Crippen LogP contribution in [0, 0.1) is 0 Å². The van der Waals surface area contributed by atoms with Gasteiger partial charge in [-0.2, -0.15) is 0 Å². The van der Waals surface area contributed by atoms with Crippen molar-refractivity contribution < 1.29 is 22.6 Å². The Balaban J connectivity index is 1.90. The van der Waals surface area contributed by atoms with Gasteiger partial charge in [0.15, 0.2) is 21.5 Å². The largest absolute Gasteiger partial charge is 0.382 e. The lowest BCUT2D eigenvalue weighted by molar-refractivity contribution is 0.0947. The highest BCUT2D eigenvalue weighted by molar-refractivity contribution is 7.91. The average Bonchev–Trinajstić information content (AvgIpc) is 3.37. The Morgan fingerprint density at radius 3 is 2.30 bits per heavy atom. The van der Waals surface area contributed by atoms with Crippen LogP contribution in [0.5, 0.6) is 0 Å². The Labute approximate surface area is 180 Å². The third-order valence-corrected chi connectivity index (χ3v) is 7.49. The molecule has 2 heterocycles. The Morgan fingerprint density at radius 2 is 1.77 bits per heavy atom. The van der Waals surface area contributed by atoms with Crippen LogP contribution in [0.15, 0.2) is 12.4 Å². The van der Waals surface area contributed by atoms with Crippen LogP contribution in [0.3, 0.4) is 0 Å². The summed E-state index contributed by atoms with van der Waals surface area (Å²) in [6, 6.07) is 0. The monoisotopic (exact) mass is 459 g/mol. The molecule has 1 aliphatic carbocycles. The molecular formula is C18H26ClN5O5S. The highest BCUT2D eigenvalue weighted by atomic mass is 35.5. The number of aromatic nitrogens is 5. The molecule has 0 unspecified atom stereocenters. The Morgan fingerprint density at radius 1 is 1.13 bits per heavy atom. The summed E-state index contributed by atoms with van der Waals surface area (Å²) in [6.45, 7) is 2.25. The lowest BCUT2D eigenvalue weighted by Crippen LogP contribution is -2.32. The van der Waals surface area contributed by atoms with Crippen molar-refractivity contribution in [3.63, 3.8) is 0 Å². The molecule has 0 radical (unpaired) electrons. The predicted octanol–water partition coefficient (Wildman–Crippen LogP) is 1.69. The summed E-state index contributed by atoms with van der Waals surface area (Å²) >= 11 is 5.83. The first kappa shape index (κ1) is 23.0. The van der Waals surface area contributed by atoms with Crippen molar-refractivity contribution in [1.29, 1.82) is 0 Å². The topological polar surface area (TPSA) is 118 Å². The van der Waals surface area contributed by atoms with Crippen LogP contribution in [-0.2, 0) is 41.9 Å². The van der Waals surface area contributed by atoms with Crippen molar-refractivity contribution in [1.82, 2.24) is 24.7 Å². The van der Waals surface area contributed by atoms with Gasteiger partial charge in [-0.3, -0.25) is 0 Å². The smallest absolute Gasteiger partial charge is 0.163 e. The molecule has 0 N–H and O–H groups in total. The van der Waals surface area contributed by atoms with Crippen LogP contribution in [0.4, 0.5) is 0 Å². The highest BCUT2D eigenvalue weighted by Gasteiger charge is 2.48. The van der Waals surface area contributed by atoms with Crippen LogP contribution in [0.25, 0.3) is 0 Å². The van der Waals surface area contributed by atoms with Crippen molar-refractivity contribution in [2.45, 2.75) is 49.0 Å². The van der Waals surface area contributed by atoms with Crippen molar-refractivity contribution in [3.8, 4) is 0 Å². The molecule has 2 aromatic rings. The van der Waals surface area contributed by atoms with Crippen molar-refractivity contribution in [3.05, 3.63) is 34.9 Å². The summed E-state index contributed by atoms with van der Waals surface area (Å²) in [6.07, 6.45) is 3.68. The minimum absolute atomic E-state index is 0.230. The molecule has 2 atom stereocenters. The fourth-order valence-electron chi connectivity index (χ4n) is 3.54. The molecule has 30 heavy (non-hydrogen) atoms. The first-order valence-electron chi connectivity index (χ1n) is 9.41. The number of hydrogen-bond donors (Lipinski definition) is 0. The van der Waals surface area contributed by atoms with Crippen molar-refractivity contribution in [2.75, 3.05) is 27.9 Å². The molecule has 1 aliphatic rings. The summed E-state index contributed by atoms with van der Waals surface area (Å²) in [4.78, 5) is 8.22. The van der Waals surface area contributed by atoms with E-state index in [9.17, 15) is 8.42 Å². The molecule has 0 bridgehead atoms. The van der Waals surface area contributed by atoms with Gasteiger partial charge in [0.1, 0.15) is 24.3 Å². The van der Waals surface area contributed by atoms with E-state index in [2.05, 4.69) is 20.2 Å². The highest BCUT2D eigenvalue weighted by Crippen LogP contribution is 2.45.